The van der Waals surface area contributed by atoms with Gasteiger partial charge in [0.05, 0.1) is 6.54 Å². The summed E-state index contributed by atoms with van der Waals surface area (Å²) >= 11 is 0. The summed E-state index contributed by atoms with van der Waals surface area (Å²) in [4.78, 5) is 13.6. The first-order chi connectivity index (χ1) is 18.0. The topological polar surface area (TPSA) is 76.8 Å². The zero-order valence-corrected chi connectivity index (χ0v) is 20.8. The normalized spacial score (nSPS) is 14.6. The lowest BCUT2D eigenvalue weighted by molar-refractivity contribution is -0.140. The van der Waals surface area contributed by atoms with Crippen LogP contribution in [0.5, 0.6) is 0 Å². The molecule has 1 N–H and O–H groups in total. The molecular weight excluding hydrogens is 500 g/mol. The van der Waals surface area contributed by atoms with Crippen LogP contribution in [0.4, 0.5) is 17.6 Å². The van der Waals surface area contributed by atoms with Crippen LogP contribution in [-0.2, 0) is 19.8 Å². The van der Waals surface area contributed by atoms with E-state index in [1.54, 1.807) is 37.4 Å². The fourth-order valence-corrected chi connectivity index (χ4v) is 4.91. The van der Waals surface area contributed by atoms with Crippen molar-refractivity contribution in [1.82, 2.24) is 14.3 Å². The number of alkyl halides is 3. The number of aryl methyl sites for hydroxylation is 2. The Hall–Kier alpha value is -3.95. The average Bonchev–Trinajstić information content (AvgIpc) is 3.50. The fourth-order valence-electron chi connectivity index (χ4n) is 4.91. The molecule has 1 aliphatic carbocycles. The van der Waals surface area contributed by atoms with Crippen molar-refractivity contribution in [3.63, 3.8) is 0 Å². The number of hydrogen-bond acceptors (Lipinski definition) is 4. The van der Waals surface area contributed by atoms with Gasteiger partial charge in [-0.25, -0.2) is 4.39 Å². The van der Waals surface area contributed by atoms with Crippen LogP contribution >= 0.6 is 0 Å². The molecular formula is C28H26F4N4O2. The number of carbonyl (C=O) groups excluding carboxylic acids is 1. The Labute approximate surface area is 216 Å². The number of rotatable bonds is 8. The lowest BCUT2D eigenvalue weighted by atomic mass is 9.86. The molecule has 1 fully saturated rings. The van der Waals surface area contributed by atoms with Crippen LogP contribution in [0.3, 0.4) is 0 Å². The van der Waals surface area contributed by atoms with Gasteiger partial charge in [-0.1, -0.05) is 12.1 Å². The van der Waals surface area contributed by atoms with E-state index < -0.39 is 11.9 Å². The number of aromatic nitrogens is 3. The first-order valence-electron chi connectivity index (χ1n) is 12.2. The molecule has 2 heterocycles. The molecule has 4 aromatic rings. The number of carbonyl (C=O) groups is 1. The molecule has 38 heavy (non-hydrogen) atoms. The predicted octanol–water partition coefficient (Wildman–Crippen LogP) is 6.24. The Bertz CT molecular complexity index is 1560. The summed E-state index contributed by atoms with van der Waals surface area (Å²) in [6.07, 6.45) is 1.57. The number of hydrogen-bond donors (Lipinski definition) is 1. The molecule has 0 spiro atoms. The fraction of sp³-hybridized carbons (Fsp3) is 0.321. The summed E-state index contributed by atoms with van der Waals surface area (Å²) in [6.45, 7) is 1.81. The highest BCUT2D eigenvalue weighted by molar-refractivity contribution is 5.98. The van der Waals surface area contributed by atoms with Crippen molar-refractivity contribution in [1.29, 1.82) is 5.41 Å². The van der Waals surface area contributed by atoms with E-state index in [4.69, 9.17) is 9.83 Å². The predicted molar refractivity (Wildman–Crippen MR) is 131 cm³/mol. The van der Waals surface area contributed by atoms with E-state index in [0.717, 1.165) is 23.1 Å². The summed E-state index contributed by atoms with van der Waals surface area (Å²) in [5, 5.41) is 11.5. The highest BCUT2D eigenvalue weighted by Gasteiger charge is 2.38. The molecule has 1 saturated carbocycles. The number of nitrogens with zero attached hydrogens (tertiary/aromatic N) is 3. The second kappa shape index (κ2) is 9.74. The third kappa shape index (κ3) is 5.34. The number of oxazole rings is 1. The van der Waals surface area contributed by atoms with E-state index in [9.17, 15) is 22.4 Å². The van der Waals surface area contributed by atoms with Gasteiger partial charge in [0.2, 0.25) is 0 Å². The van der Waals surface area contributed by atoms with Gasteiger partial charge < -0.3 is 4.42 Å². The Morgan fingerprint density at radius 2 is 1.97 bits per heavy atom. The minimum absolute atomic E-state index is 0.110. The summed E-state index contributed by atoms with van der Waals surface area (Å²) < 4.78 is 62.8. The standard InChI is InChI=1S/C28H26F4N4O2/c1-16-9-19(5-6-24(16)29)22(18-3-4-18)13-25(37)21-11-17(14-36-7-8-38-27(36)33)10-20(12-21)23-15-35(2)34-26(23)28(30,31)32/h5-12,15,18,22,33H,3-4,13-14H2,1-2H3. The van der Waals surface area contributed by atoms with E-state index in [-0.39, 0.29) is 52.9 Å². The zero-order chi connectivity index (χ0) is 27.2. The second-order valence-electron chi connectivity index (χ2n) is 9.90. The third-order valence-electron chi connectivity index (χ3n) is 6.96. The maximum atomic E-state index is 13.9. The van der Waals surface area contributed by atoms with Gasteiger partial charge in [0.1, 0.15) is 12.1 Å². The molecule has 0 amide bonds. The number of Topliss-reactive ketones (excluding diaryl/α,β-unsaturated/α-hetero) is 1. The maximum Gasteiger partial charge on any atom is 0.435 e. The quantitative estimate of drug-likeness (QED) is 0.218. The Kier molecular flexibility index (Phi) is 6.58. The first kappa shape index (κ1) is 25.7. The highest BCUT2D eigenvalue weighted by Crippen LogP contribution is 2.45. The van der Waals surface area contributed by atoms with E-state index in [1.807, 2.05) is 0 Å². The van der Waals surface area contributed by atoms with Gasteiger partial charge in [0, 0.05) is 37.0 Å². The molecule has 0 aliphatic heterocycles. The SMILES string of the molecule is Cc1cc(C(CC(=O)c2cc(Cn3ccoc3=N)cc(-c3cn(C)nc3C(F)(F)F)c2)C2CC2)ccc1F. The first-order valence-corrected chi connectivity index (χ1v) is 12.2. The van der Waals surface area contributed by atoms with Crippen molar-refractivity contribution in [3.05, 3.63) is 94.5 Å². The van der Waals surface area contributed by atoms with Gasteiger partial charge in [0.25, 0.3) is 5.68 Å². The van der Waals surface area contributed by atoms with Crippen molar-refractivity contribution in [2.24, 2.45) is 13.0 Å². The summed E-state index contributed by atoms with van der Waals surface area (Å²) in [5.74, 6) is -0.336. The van der Waals surface area contributed by atoms with Crippen molar-refractivity contribution in [2.75, 3.05) is 0 Å². The van der Waals surface area contributed by atoms with Gasteiger partial charge in [-0.2, -0.15) is 18.3 Å². The molecule has 10 heteroatoms. The number of nitrogens with one attached hydrogen (secondary N) is 1. The van der Waals surface area contributed by atoms with Crippen LogP contribution in [0.1, 0.15) is 57.9 Å². The van der Waals surface area contributed by atoms with Gasteiger partial charge in [0.15, 0.2) is 11.5 Å². The highest BCUT2D eigenvalue weighted by atomic mass is 19.4. The van der Waals surface area contributed by atoms with E-state index >= 15 is 0 Å². The van der Waals surface area contributed by atoms with E-state index in [1.165, 1.54) is 36.2 Å². The van der Waals surface area contributed by atoms with E-state index in [2.05, 4.69) is 5.10 Å². The Morgan fingerprint density at radius 1 is 1.21 bits per heavy atom. The molecule has 0 saturated heterocycles. The zero-order valence-electron chi connectivity index (χ0n) is 20.8. The monoisotopic (exact) mass is 526 g/mol. The molecule has 0 bridgehead atoms. The van der Waals surface area contributed by atoms with Gasteiger partial charge in [-0.05, 0) is 78.1 Å². The third-order valence-corrected chi connectivity index (χ3v) is 6.96. The minimum Gasteiger partial charge on any atom is -0.432 e. The van der Waals surface area contributed by atoms with Gasteiger partial charge in [-0.15, -0.1) is 0 Å². The van der Waals surface area contributed by atoms with Crippen LogP contribution in [-0.4, -0.2) is 20.1 Å². The van der Waals surface area contributed by atoms with Gasteiger partial charge in [-0.3, -0.25) is 19.5 Å². The molecule has 5 rings (SSSR count). The van der Waals surface area contributed by atoms with Crippen LogP contribution < -0.4 is 5.68 Å². The van der Waals surface area contributed by atoms with E-state index in [0.29, 0.717) is 17.0 Å². The Balaban J connectivity index is 1.55. The Morgan fingerprint density at radius 3 is 2.61 bits per heavy atom. The second-order valence-corrected chi connectivity index (χ2v) is 9.90. The number of ketones is 1. The van der Waals surface area contributed by atoms with Crippen LogP contribution in [0.15, 0.2) is 59.5 Å². The minimum atomic E-state index is -4.68. The lowest BCUT2D eigenvalue weighted by Crippen LogP contribution is -2.15. The number of benzene rings is 2. The molecule has 198 valence electrons. The smallest absolute Gasteiger partial charge is 0.432 e. The molecule has 1 aliphatic rings. The summed E-state index contributed by atoms with van der Waals surface area (Å²) in [5.41, 5.74) is 1.12. The molecule has 0 radical (unpaired) electrons. The molecule has 2 aromatic heterocycles. The van der Waals surface area contributed by atoms with Crippen molar-refractivity contribution in [3.8, 4) is 11.1 Å². The largest absolute Gasteiger partial charge is 0.435 e. The summed E-state index contributed by atoms with van der Waals surface area (Å²) in [6, 6.07) is 9.57. The van der Waals surface area contributed by atoms with Crippen molar-refractivity contribution >= 4 is 5.78 Å². The molecule has 6 nitrogen and oxygen atoms in total. The lowest BCUT2D eigenvalue weighted by Gasteiger charge is -2.18. The van der Waals surface area contributed by atoms with Crippen molar-refractivity contribution in [2.45, 2.75) is 44.8 Å². The average molecular weight is 527 g/mol. The van der Waals surface area contributed by atoms with Crippen LogP contribution in [0.2, 0.25) is 0 Å². The van der Waals surface area contributed by atoms with Gasteiger partial charge >= 0.3 is 6.18 Å². The maximum absolute atomic E-state index is 13.9. The molecule has 2 aromatic carbocycles. The van der Waals surface area contributed by atoms with Crippen LogP contribution in [0, 0.1) is 24.1 Å². The van der Waals surface area contributed by atoms with Crippen molar-refractivity contribution < 1.29 is 26.8 Å². The summed E-state index contributed by atoms with van der Waals surface area (Å²) in [7, 11) is 1.41. The van der Waals surface area contributed by atoms with Crippen LogP contribution in [0.25, 0.3) is 11.1 Å². The molecule has 1 unspecified atom stereocenters. The molecule has 1 atom stereocenters. The number of halogens is 4.